The van der Waals surface area contributed by atoms with Gasteiger partial charge < -0.3 is 4.74 Å². The highest BCUT2D eigenvalue weighted by atomic mass is 16.5. The summed E-state index contributed by atoms with van der Waals surface area (Å²) in [6, 6.07) is 0. The van der Waals surface area contributed by atoms with Crippen LogP contribution >= 0.6 is 0 Å². The van der Waals surface area contributed by atoms with Crippen LogP contribution in [0.3, 0.4) is 0 Å². The molecule has 1 saturated carbocycles. The van der Waals surface area contributed by atoms with Crippen molar-refractivity contribution in [1.29, 1.82) is 0 Å². The molecule has 2 nitrogen and oxygen atoms in total. The summed E-state index contributed by atoms with van der Waals surface area (Å²) in [5, 5.41) is 3.13. The second kappa shape index (κ2) is 2.03. The Morgan fingerprint density at radius 1 is 1.62 bits per heavy atom. The highest BCUT2D eigenvalue weighted by molar-refractivity contribution is 4.91. The predicted octanol–water partition coefficient (Wildman–Crippen LogP) is 0.732. The van der Waals surface area contributed by atoms with Gasteiger partial charge in [-0.05, 0) is 26.8 Å². The number of hydrogen-bond acceptors (Lipinski definition) is 2. The second-order valence-corrected chi connectivity index (χ2v) is 2.18. The van der Waals surface area contributed by atoms with Crippen molar-refractivity contribution in [2.75, 3.05) is 13.7 Å². The molecule has 48 valence electrons. The molecular formula is C6H13NO. The van der Waals surface area contributed by atoms with Gasteiger partial charge in [-0.2, -0.15) is 0 Å². The maximum atomic E-state index is 5.38. The van der Waals surface area contributed by atoms with E-state index in [2.05, 4.69) is 5.32 Å². The molecule has 0 atom stereocenters. The Balaban J connectivity index is 2.20. The van der Waals surface area contributed by atoms with Crippen molar-refractivity contribution >= 4 is 0 Å². The Morgan fingerprint density at radius 2 is 2.25 bits per heavy atom. The average Bonchev–Trinajstić information content (AvgIpc) is 2.50. The fourth-order valence-electron chi connectivity index (χ4n) is 0.856. The zero-order chi connectivity index (χ0) is 6.04. The summed E-state index contributed by atoms with van der Waals surface area (Å²) in [4.78, 5) is 0. The number of rotatable bonds is 3. The molecule has 1 rings (SSSR count). The van der Waals surface area contributed by atoms with E-state index in [1.54, 1.807) is 0 Å². The first kappa shape index (κ1) is 6.05. The van der Waals surface area contributed by atoms with E-state index in [0.717, 1.165) is 6.61 Å². The Labute approximate surface area is 50.2 Å². The molecule has 0 saturated heterocycles. The van der Waals surface area contributed by atoms with Gasteiger partial charge in [0.05, 0.1) is 0 Å². The maximum absolute atomic E-state index is 5.38. The van der Waals surface area contributed by atoms with Crippen LogP contribution in [0.1, 0.15) is 19.8 Å². The minimum absolute atomic E-state index is 0.0920. The SMILES string of the molecule is CCOC1(NC)CC1. The molecule has 1 aliphatic carbocycles. The van der Waals surface area contributed by atoms with Crippen LogP contribution in [0.25, 0.3) is 0 Å². The Morgan fingerprint density at radius 3 is 2.38 bits per heavy atom. The number of nitrogens with one attached hydrogen (secondary N) is 1. The lowest BCUT2D eigenvalue weighted by molar-refractivity contribution is 0.0220. The predicted molar refractivity (Wildman–Crippen MR) is 32.7 cm³/mol. The van der Waals surface area contributed by atoms with Gasteiger partial charge in [0, 0.05) is 6.61 Å². The Bertz CT molecular complexity index is 78.6. The molecule has 0 spiro atoms. The molecule has 0 amide bonds. The third-order valence-electron chi connectivity index (χ3n) is 1.58. The summed E-state index contributed by atoms with van der Waals surface area (Å²) in [5.74, 6) is 0. The largest absolute Gasteiger partial charge is 0.361 e. The van der Waals surface area contributed by atoms with Gasteiger partial charge in [-0.25, -0.2) is 0 Å². The van der Waals surface area contributed by atoms with E-state index in [1.807, 2.05) is 14.0 Å². The third-order valence-corrected chi connectivity index (χ3v) is 1.58. The van der Waals surface area contributed by atoms with Crippen molar-refractivity contribution in [2.24, 2.45) is 0 Å². The lowest BCUT2D eigenvalue weighted by Crippen LogP contribution is -2.30. The molecule has 0 unspecified atom stereocenters. The van der Waals surface area contributed by atoms with E-state index in [4.69, 9.17) is 4.74 Å². The average molecular weight is 115 g/mol. The van der Waals surface area contributed by atoms with Gasteiger partial charge in [-0.1, -0.05) is 0 Å². The minimum atomic E-state index is 0.0920. The molecule has 0 aromatic rings. The van der Waals surface area contributed by atoms with E-state index >= 15 is 0 Å². The molecular weight excluding hydrogens is 102 g/mol. The van der Waals surface area contributed by atoms with Crippen LogP contribution < -0.4 is 5.32 Å². The summed E-state index contributed by atoms with van der Waals surface area (Å²) < 4.78 is 5.38. The summed E-state index contributed by atoms with van der Waals surface area (Å²) >= 11 is 0. The van der Waals surface area contributed by atoms with Crippen LogP contribution in [0.15, 0.2) is 0 Å². The molecule has 2 heteroatoms. The first-order valence-electron chi connectivity index (χ1n) is 3.16. The maximum Gasteiger partial charge on any atom is 0.119 e. The molecule has 0 aliphatic heterocycles. The van der Waals surface area contributed by atoms with Gasteiger partial charge in [0.25, 0.3) is 0 Å². The molecule has 0 heterocycles. The Hall–Kier alpha value is -0.0800. The van der Waals surface area contributed by atoms with E-state index in [1.165, 1.54) is 12.8 Å². The van der Waals surface area contributed by atoms with Crippen molar-refractivity contribution in [2.45, 2.75) is 25.5 Å². The van der Waals surface area contributed by atoms with E-state index in [-0.39, 0.29) is 5.72 Å². The molecule has 1 N–H and O–H groups in total. The molecule has 1 fully saturated rings. The van der Waals surface area contributed by atoms with Crippen molar-refractivity contribution in [3.8, 4) is 0 Å². The summed E-state index contributed by atoms with van der Waals surface area (Å²) in [6.45, 7) is 2.85. The zero-order valence-corrected chi connectivity index (χ0v) is 5.53. The molecule has 0 aromatic carbocycles. The first-order chi connectivity index (χ1) is 3.83. The fourth-order valence-corrected chi connectivity index (χ4v) is 0.856. The second-order valence-electron chi connectivity index (χ2n) is 2.18. The van der Waals surface area contributed by atoms with Crippen LogP contribution in [0.2, 0.25) is 0 Å². The molecule has 8 heavy (non-hydrogen) atoms. The van der Waals surface area contributed by atoms with Crippen LogP contribution in [-0.2, 0) is 4.74 Å². The smallest absolute Gasteiger partial charge is 0.119 e. The van der Waals surface area contributed by atoms with Gasteiger partial charge in [-0.15, -0.1) is 0 Å². The van der Waals surface area contributed by atoms with E-state index in [9.17, 15) is 0 Å². The van der Waals surface area contributed by atoms with Gasteiger partial charge >= 0.3 is 0 Å². The lowest BCUT2D eigenvalue weighted by Gasteiger charge is -2.12. The number of hydrogen-bond donors (Lipinski definition) is 1. The van der Waals surface area contributed by atoms with Crippen LogP contribution in [0.5, 0.6) is 0 Å². The van der Waals surface area contributed by atoms with Crippen LogP contribution in [0, 0.1) is 0 Å². The topological polar surface area (TPSA) is 21.3 Å². The highest BCUT2D eigenvalue weighted by Gasteiger charge is 2.41. The normalized spacial score (nSPS) is 23.2. The van der Waals surface area contributed by atoms with Gasteiger partial charge in [0.1, 0.15) is 5.72 Å². The summed E-state index contributed by atoms with van der Waals surface area (Å²) in [5.41, 5.74) is 0.0920. The van der Waals surface area contributed by atoms with Crippen molar-refractivity contribution in [3.05, 3.63) is 0 Å². The van der Waals surface area contributed by atoms with Crippen molar-refractivity contribution < 1.29 is 4.74 Å². The Kier molecular flexibility index (Phi) is 1.54. The van der Waals surface area contributed by atoms with Crippen molar-refractivity contribution in [1.82, 2.24) is 5.32 Å². The van der Waals surface area contributed by atoms with E-state index in [0.29, 0.717) is 0 Å². The van der Waals surface area contributed by atoms with Gasteiger partial charge in [0.2, 0.25) is 0 Å². The molecule has 0 bridgehead atoms. The van der Waals surface area contributed by atoms with Crippen molar-refractivity contribution in [3.63, 3.8) is 0 Å². The van der Waals surface area contributed by atoms with Gasteiger partial charge in [0.15, 0.2) is 0 Å². The standard InChI is InChI=1S/C6H13NO/c1-3-8-6(7-2)4-5-6/h7H,3-5H2,1-2H3. The van der Waals surface area contributed by atoms with Crippen LogP contribution in [-0.4, -0.2) is 19.4 Å². The van der Waals surface area contributed by atoms with E-state index < -0.39 is 0 Å². The minimum Gasteiger partial charge on any atom is -0.361 e. The van der Waals surface area contributed by atoms with Gasteiger partial charge in [-0.3, -0.25) is 5.32 Å². The molecule has 0 aromatic heterocycles. The lowest BCUT2D eigenvalue weighted by atomic mass is 10.6. The summed E-state index contributed by atoms with van der Waals surface area (Å²) in [6.07, 6.45) is 2.36. The first-order valence-corrected chi connectivity index (χ1v) is 3.16. The zero-order valence-electron chi connectivity index (χ0n) is 5.53. The van der Waals surface area contributed by atoms with Crippen LogP contribution in [0.4, 0.5) is 0 Å². The summed E-state index contributed by atoms with van der Waals surface area (Å²) in [7, 11) is 1.95. The molecule has 1 aliphatic rings. The monoisotopic (exact) mass is 115 g/mol. The quantitative estimate of drug-likeness (QED) is 0.547. The molecule has 0 radical (unpaired) electrons. The highest BCUT2D eigenvalue weighted by Crippen LogP contribution is 2.35. The number of ether oxygens (including phenoxy) is 1. The fraction of sp³-hybridized carbons (Fsp3) is 1.00. The third kappa shape index (κ3) is 1.01.